The zero-order valence-corrected chi connectivity index (χ0v) is 8.34. The first kappa shape index (κ1) is 10.5. The molecule has 1 heterocycles. The zero-order valence-electron chi connectivity index (χ0n) is 8.34. The van der Waals surface area contributed by atoms with Gasteiger partial charge in [-0.15, -0.1) is 0 Å². The Bertz CT molecular complexity index is 151. The molecule has 1 unspecified atom stereocenters. The van der Waals surface area contributed by atoms with Gasteiger partial charge < -0.3 is 10.1 Å². The van der Waals surface area contributed by atoms with Crippen molar-refractivity contribution in [2.24, 2.45) is 5.92 Å². The number of ether oxygens (including phenoxy) is 1. The van der Waals surface area contributed by atoms with Crippen LogP contribution in [-0.4, -0.2) is 25.7 Å². The minimum atomic E-state index is -0.00815. The highest BCUT2D eigenvalue weighted by atomic mass is 16.5. The molecule has 13 heavy (non-hydrogen) atoms. The van der Waals surface area contributed by atoms with Crippen molar-refractivity contribution in [3.63, 3.8) is 0 Å². The molecule has 0 radical (unpaired) electrons. The Labute approximate surface area is 79.8 Å². The second-order valence-corrected chi connectivity index (χ2v) is 3.48. The van der Waals surface area contributed by atoms with Gasteiger partial charge in [-0.25, -0.2) is 0 Å². The average Bonchev–Trinajstić information content (AvgIpc) is 2.03. The summed E-state index contributed by atoms with van der Waals surface area (Å²) in [7, 11) is 0. The molecule has 1 N–H and O–H groups in total. The summed E-state index contributed by atoms with van der Waals surface area (Å²) in [5.74, 6) is 0.124. The number of hydrogen-bond donors (Lipinski definition) is 1. The Kier molecular flexibility index (Phi) is 4.83. The van der Waals surface area contributed by atoms with Crippen LogP contribution in [0, 0.1) is 5.92 Å². The summed E-state index contributed by atoms with van der Waals surface area (Å²) in [4.78, 5) is 11.4. The minimum Gasteiger partial charge on any atom is -0.466 e. The summed E-state index contributed by atoms with van der Waals surface area (Å²) < 4.78 is 5.01. The largest absolute Gasteiger partial charge is 0.466 e. The van der Waals surface area contributed by atoms with Crippen LogP contribution in [0.15, 0.2) is 0 Å². The molecule has 0 bridgehead atoms. The van der Waals surface area contributed by atoms with Crippen LogP contribution in [0.25, 0.3) is 0 Å². The lowest BCUT2D eigenvalue weighted by Crippen LogP contribution is -2.27. The number of carbonyl (C=O) groups is 1. The molecule has 1 saturated heterocycles. The van der Waals surface area contributed by atoms with Gasteiger partial charge in [-0.2, -0.15) is 0 Å². The van der Waals surface area contributed by atoms with E-state index in [0.29, 0.717) is 6.61 Å². The standard InChI is InChI=1S/C10H19NO2/c1-2-13-10(12)9-5-3-4-7-11-8-6-9/h9,11H,2-8H2,1H3. The van der Waals surface area contributed by atoms with Crippen LogP contribution in [-0.2, 0) is 9.53 Å². The van der Waals surface area contributed by atoms with Crippen LogP contribution in [0.3, 0.4) is 0 Å². The van der Waals surface area contributed by atoms with E-state index in [2.05, 4.69) is 5.32 Å². The Hall–Kier alpha value is -0.570. The highest BCUT2D eigenvalue weighted by Crippen LogP contribution is 2.15. The second-order valence-electron chi connectivity index (χ2n) is 3.48. The number of rotatable bonds is 2. The molecular weight excluding hydrogens is 166 g/mol. The molecule has 1 aliphatic heterocycles. The van der Waals surface area contributed by atoms with Crippen molar-refractivity contribution in [2.75, 3.05) is 19.7 Å². The van der Waals surface area contributed by atoms with Crippen LogP contribution >= 0.6 is 0 Å². The van der Waals surface area contributed by atoms with E-state index in [4.69, 9.17) is 4.74 Å². The van der Waals surface area contributed by atoms with E-state index in [9.17, 15) is 4.79 Å². The van der Waals surface area contributed by atoms with E-state index in [-0.39, 0.29) is 11.9 Å². The maximum Gasteiger partial charge on any atom is 0.308 e. The molecule has 1 aliphatic rings. The maximum atomic E-state index is 11.4. The Morgan fingerprint density at radius 2 is 2.23 bits per heavy atom. The first-order valence-electron chi connectivity index (χ1n) is 5.22. The van der Waals surface area contributed by atoms with Crippen molar-refractivity contribution in [3.8, 4) is 0 Å². The Morgan fingerprint density at radius 3 is 3.00 bits per heavy atom. The lowest BCUT2D eigenvalue weighted by molar-refractivity contribution is -0.148. The smallest absolute Gasteiger partial charge is 0.308 e. The average molecular weight is 185 g/mol. The van der Waals surface area contributed by atoms with Crippen molar-refractivity contribution < 1.29 is 9.53 Å². The van der Waals surface area contributed by atoms with Crippen molar-refractivity contribution in [1.82, 2.24) is 5.32 Å². The fourth-order valence-corrected chi connectivity index (χ4v) is 1.68. The minimum absolute atomic E-state index is 0.00815. The molecule has 0 spiro atoms. The van der Waals surface area contributed by atoms with Crippen LogP contribution < -0.4 is 5.32 Å². The van der Waals surface area contributed by atoms with Gasteiger partial charge in [0, 0.05) is 0 Å². The summed E-state index contributed by atoms with van der Waals surface area (Å²) >= 11 is 0. The quantitative estimate of drug-likeness (QED) is 0.660. The third-order valence-corrected chi connectivity index (χ3v) is 2.45. The first-order valence-corrected chi connectivity index (χ1v) is 5.22. The molecule has 1 rings (SSSR count). The summed E-state index contributed by atoms with van der Waals surface area (Å²) in [6.45, 7) is 4.40. The van der Waals surface area contributed by atoms with Crippen LogP contribution in [0.1, 0.15) is 32.6 Å². The van der Waals surface area contributed by atoms with E-state index in [1.165, 1.54) is 6.42 Å². The van der Waals surface area contributed by atoms with Gasteiger partial charge in [0.1, 0.15) is 0 Å². The molecule has 0 aromatic carbocycles. The van der Waals surface area contributed by atoms with E-state index in [1.54, 1.807) is 0 Å². The van der Waals surface area contributed by atoms with Gasteiger partial charge in [-0.05, 0) is 39.3 Å². The van der Waals surface area contributed by atoms with Crippen LogP contribution in [0.4, 0.5) is 0 Å². The highest BCUT2D eigenvalue weighted by Gasteiger charge is 2.19. The third kappa shape index (κ3) is 3.77. The fraction of sp³-hybridized carbons (Fsp3) is 0.900. The zero-order chi connectivity index (χ0) is 9.52. The lowest BCUT2D eigenvalue weighted by Gasteiger charge is -2.18. The summed E-state index contributed by atoms with van der Waals surface area (Å²) in [6.07, 6.45) is 4.24. The number of esters is 1. The van der Waals surface area contributed by atoms with Crippen molar-refractivity contribution in [1.29, 1.82) is 0 Å². The molecule has 0 saturated carbocycles. The van der Waals surface area contributed by atoms with Gasteiger partial charge in [0.05, 0.1) is 12.5 Å². The van der Waals surface area contributed by atoms with E-state index in [0.717, 1.165) is 32.4 Å². The predicted molar refractivity (Wildman–Crippen MR) is 51.5 cm³/mol. The third-order valence-electron chi connectivity index (χ3n) is 2.45. The van der Waals surface area contributed by atoms with Crippen molar-refractivity contribution >= 4 is 5.97 Å². The first-order chi connectivity index (χ1) is 6.34. The SMILES string of the molecule is CCOC(=O)C1CCCCNCC1. The molecule has 76 valence electrons. The monoisotopic (exact) mass is 185 g/mol. The van der Waals surface area contributed by atoms with Gasteiger partial charge in [0.25, 0.3) is 0 Å². The molecule has 3 heteroatoms. The topological polar surface area (TPSA) is 38.3 Å². The number of carbonyl (C=O) groups excluding carboxylic acids is 1. The van der Waals surface area contributed by atoms with Gasteiger partial charge in [0.2, 0.25) is 0 Å². The van der Waals surface area contributed by atoms with Crippen LogP contribution in [0.2, 0.25) is 0 Å². The molecule has 0 amide bonds. The van der Waals surface area contributed by atoms with E-state index >= 15 is 0 Å². The number of nitrogens with one attached hydrogen (secondary N) is 1. The lowest BCUT2D eigenvalue weighted by atomic mass is 9.97. The molecular formula is C10H19NO2. The van der Waals surface area contributed by atoms with Gasteiger partial charge in [-0.1, -0.05) is 6.42 Å². The van der Waals surface area contributed by atoms with Crippen LogP contribution in [0.5, 0.6) is 0 Å². The normalized spacial score (nSPS) is 24.5. The van der Waals surface area contributed by atoms with Gasteiger partial charge in [-0.3, -0.25) is 4.79 Å². The maximum absolute atomic E-state index is 11.4. The van der Waals surface area contributed by atoms with E-state index in [1.807, 2.05) is 6.92 Å². The molecule has 0 aromatic rings. The highest BCUT2D eigenvalue weighted by molar-refractivity contribution is 5.72. The summed E-state index contributed by atoms with van der Waals surface area (Å²) in [5, 5.41) is 3.31. The molecule has 1 atom stereocenters. The predicted octanol–water partition coefficient (Wildman–Crippen LogP) is 1.33. The summed E-state index contributed by atoms with van der Waals surface area (Å²) in [6, 6.07) is 0. The fourth-order valence-electron chi connectivity index (χ4n) is 1.68. The Balaban J connectivity index is 2.32. The van der Waals surface area contributed by atoms with E-state index < -0.39 is 0 Å². The number of hydrogen-bond acceptors (Lipinski definition) is 3. The van der Waals surface area contributed by atoms with Gasteiger partial charge in [0.15, 0.2) is 0 Å². The molecule has 1 fully saturated rings. The Morgan fingerprint density at radius 1 is 1.38 bits per heavy atom. The van der Waals surface area contributed by atoms with Crippen molar-refractivity contribution in [2.45, 2.75) is 32.6 Å². The molecule has 0 aromatic heterocycles. The van der Waals surface area contributed by atoms with Gasteiger partial charge >= 0.3 is 5.97 Å². The van der Waals surface area contributed by atoms with Crippen molar-refractivity contribution in [3.05, 3.63) is 0 Å². The molecule has 0 aliphatic carbocycles. The molecule has 3 nitrogen and oxygen atoms in total. The summed E-state index contributed by atoms with van der Waals surface area (Å²) in [5.41, 5.74) is 0. The second kappa shape index (κ2) is 5.97.